The number of carboxylic acids is 3. The number of aromatic carboxylic acids is 3. The van der Waals surface area contributed by atoms with E-state index >= 15 is 0 Å². The number of hydrogen-bond donors (Lipinski definition) is 0. The SMILES string of the molecule is CC.Cc1ccc(C(=O)[O-])cc1.Cc1cccc(C(=O)[O-])c1.Cc1ccccc1.Cc1ccccc1C(=O)[O-]. The molecule has 0 aromatic heterocycles. The Kier molecular flexibility index (Phi) is 17.1. The summed E-state index contributed by atoms with van der Waals surface area (Å²) in [4.78, 5) is 30.8. The lowest BCUT2D eigenvalue weighted by Gasteiger charge is -2.03. The first-order valence-electron chi connectivity index (χ1n) is 12.4. The number of carbonyl (C=O) groups excluding carboxylic acids is 3. The van der Waals surface area contributed by atoms with Crippen LogP contribution in [-0.4, -0.2) is 17.9 Å². The third kappa shape index (κ3) is 15.2. The summed E-state index contributed by atoms with van der Waals surface area (Å²) in [5.41, 5.74) is 4.77. The molecule has 0 heterocycles. The number of rotatable bonds is 3. The van der Waals surface area contributed by atoms with E-state index in [-0.39, 0.29) is 16.7 Å². The Morgan fingerprint density at radius 1 is 0.462 bits per heavy atom. The summed E-state index contributed by atoms with van der Waals surface area (Å²) in [5, 5.41) is 30.8. The van der Waals surface area contributed by atoms with Gasteiger partial charge in [0, 0.05) is 5.56 Å². The van der Waals surface area contributed by atoms with E-state index in [1.165, 1.54) is 29.8 Å². The predicted molar refractivity (Wildman–Crippen MR) is 149 cm³/mol. The van der Waals surface area contributed by atoms with Gasteiger partial charge in [0.25, 0.3) is 0 Å². The molecule has 0 saturated heterocycles. The maximum absolute atomic E-state index is 10.3. The first-order valence-corrected chi connectivity index (χ1v) is 12.4. The van der Waals surface area contributed by atoms with Crippen molar-refractivity contribution in [2.24, 2.45) is 0 Å². The molecule has 4 aromatic rings. The van der Waals surface area contributed by atoms with E-state index in [4.69, 9.17) is 0 Å². The van der Waals surface area contributed by atoms with Crippen LogP contribution in [0.2, 0.25) is 0 Å². The van der Waals surface area contributed by atoms with Crippen molar-refractivity contribution in [2.75, 3.05) is 0 Å². The molecule has 4 rings (SSSR count). The zero-order chi connectivity index (χ0) is 29.8. The summed E-state index contributed by atoms with van der Waals surface area (Å²) in [6.07, 6.45) is 0. The first-order chi connectivity index (χ1) is 18.5. The highest BCUT2D eigenvalue weighted by Gasteiger charge is 1.94. The lowest BCUT2D eigenvalue weighted by atomic mass is 10.1. The largest absolute Gasteiger partial charge is 0.545 e. The van der Waals surface area contributed by atoms with Crippen molar-refractivity contribution in [1.29, 1.82) is 0 Å². The van der Waals surface area contributed by atoms with Crippen molar-refractivity contribution in [1.82, 2.24) is 0 Å². The van der Waals surface area contributed by atoms with Gasteiger partial charge in [-0.3, -0.25) is 0 Å². The van der Waals surface area contributed by atoms with Crippen LogP contribution in [0, 0.1) is 27.7 Å². The molecule has 0 spiro atoms. The Balaban J connectivity index is 0.000000486. The molecule has 0 N–H and O–H groups in total. The fourth-order valence-corrected chi connectivity index (χ4v) is 2.80. The Morgan fingerprint density at radius 2 is 0.923 bits per heavy atom. The number of benzene rings is 4. The van der Waals surface area contributed by atoms with E-state index < -0.39 is 17.9 Å². The van der Waals surface area contributed by atoms with Gasteiger partial charge in [0.2, 0.25) is 0 Å². The predicted octanol–water partition coefficient (Wildman–Crippen LogP) is 4.10. The van der Waals surface area contributed by atoms with Crippen molar-refractivity contribution in [3.05, 3.63) is 142 Å². The van der Waals surface area contributed by atoms with Gasteiger partial charge in [0.05, 0.1) is 17.9 Å². The van der Waals surface area contributed by atoms with Crippen LogP contribution < -0.4 is 15.3 Å². The second-order valence-corrected chi connectivity index (χ2v) is 8.07. The van der Waals surface area contributed by atoms with Gasteiger partial charge in [0.1, 0.15) is 0 Å². The second kappa shape index (κ2) is 19.4. The highest BCUT2D eigenvalue weighted by molar-refractivity contribution is 5.87. The van der Waals surface area contributed by atoms with Gasteiger partial charge in [-0.15, -0.1) is 0 Å². The van der Waals surface area contributed by atoms with Crippen LogP contribution in [0.5, 0.6) is 0 Å². The topological polar surface area (TPSA) is 120 Å². The average Bonchev–Trinajstić information content (AvgIpc) is 2.92. The first kappa shape index (κ1) is 34.3. The van der Waals surface area contributed by atoms with Gasteiger partial charge in [-0.1, -0.05) is 134 Å². The molecule has 6 heteroatoms. The van der Waals surface area contributed by atoms with Gasteiger partial charge in [-0.2, -0.15) is 0 Å². The molecule has 0 atom stereocenters. The normalized spacial score (nSPS) is 8.87. The molecule has 0 radical (unpaired) electrons. The molecule has 39 heavy (non-hydrogen) atoms. The molecule has 206 valence electrons. The van der Waals surface area contributed by atoms with Crippen LogP contribution >= 0.6 is 0 Å². The minimum atomic E-state index is -1.12. The van der Waals surface area contributed by atoms with Gasteiger partial charge in [-0.05, 0) is 44.4 Å². The zero-order valence-corrected chi connectivity index (χ0v) is 23.3. The smallest absolute Gasteiger partial charge is 0.0717 e. The van der Waals surface area contributed by atoms with Crippen LogP contribution in [0.4, 0.5) is 0 Å². The highest BCUT2D eigenvalue weighted by atomic mass is 16.4. The van der Waals surface area contributed by atoms with Crippen LogP contribution in [0.25, 0.3) is 0 Å². The molecule has 0 aliphatic carbocycles. The fraction of sp³-hybridized carbons (Fsp3) is 0.182. The van der Waals surface area contributed by atoms with E-state index in [1.54, 1.807) is 49.4 Å². The van der Waals surface area contributed by atoms with Crippen LogP contribution in [0.1, 0.15) is 67.2 Å². The maximum Gasteiger partial charge on any atom is 0.0717 e. The molecule has 0 unspecified atom stereocenters. The molecular weight excluding hydrogens is 492 g/mol. The summed E-state index contributed by atoms with van der Waals surface area (Å²) in [6.45, 7) is 11.6. The van der Waals surface area contributed by atoms with Crippen molar-refractivity contribution in [2.45, 2.75) is 41.5 Å². The van der Waals surface area contributed by atoms with Crippen LogP contribution in [0.15, 0.2) is 103 Å². The molecule has 6 nitrogen and oxygen atoms in total. The molecule has 0 fully saturated rings. The quantitative estimate of drug-likeness (QED) is 0.396. The summed E-state index contributed by atoms with van der Waals surface area (Å²) in [7, 11) is 0. The summed E-state index contributed by atoms with van der Waals surface area (Å²) < 4.78 is 0. The molecule has 0 aliphatic rings. The standard InChI is InChI=1S/3C8H8O2.C7H8.C2H6/c1-6-2-4-7(5-3-6)8(9)10;1-6-3-2-4-7(5-6)8(9)10;1-6-4-2-3-5-7(6)8(9)10;1-7-5-3-2-4-6-7;1-2/h3*2-5H,1H3,(H,9,10);2-6H,1H3;1-2H3/p-3. The lowest BCUT2D eigenvalue weighted by Crippen LogP contribution is -2.23. The van der Waals surface area contributed by atoms with E-state index in [0.29, 0.717) is 0 Å². The molecule has 0 aliphatic heterocycles. The van der Waals surface area contributed by atoms with Crippen LogP contribution in [-0.2, 0) is 0 Å². The summed E-state index contributed by atoms with van der Waals surface area (Å²) >= 11 is 0. The summed E-state index contributed by atoms with van der Waals surface area (Å²) in [5.74, 6) is -3.36. The second-order valence-electron chi connectivity index (χ2n) is 8.07. The Hall–Kier alpha value is -4.71. The molecule has 0 amide bonds. The van der Waals surface area contributed by atoms with Crippen molar-refractivity contribution in [3.63, 3.8) is 0 Å². The van der Waals surface area contributed by atoms with Crippen molar-refractivity contribution >= 4 is 17.9 Å². The van der Waals surface area contributed by atoms with E-state index in [0.717, 1.165) is 16.7 Å². The van der Waals surface area contributed by atoms with E-state index in [2.05, 4.69) is 19.1 Å². The minimum absolute atomic E-state index is 0.227. The third-order valence-electron chi connectivity index (χ3n) is 4.85. The molecule has 0 bridgehead atoms. The van der Waals surface area contributed by atoms with Gasteiger partial charge in [0.15, 0.2) is 0 Å². The number of hydrogen-bond acceptors (Lipinski definition) is 6. The maximum atomic E-state index is 10.3. The Morgan fingerprint density at radius 3 is 1.28 bits per heavy atom. The van der Waals surface area contributed by atoms with E-state index in [1.807, 2.05) is 52.0 Å². The number of carboxylic acid groups (broad SMARTS) is 3. The minimum Gasteiger partial charge on any atom is -0.545 e. The Bertz CT molecular complexity index is 1280. The fourth-order valence-electron chi connectivity index (χ4n) is 2.80. The monoisotopic (exact) mass is 527 g/mol. The molecule has 0 saturated carbocycles. The Labute approximate surface area is 231 Å². The molecule has 4 aromatic carbocycles. The van der Waals surface area contributed by atoms with Gasteiger partial charge < -0.3 is 29.7 Å². The lowest BCUT2D eigenvalue weighted by molar-refractivity contribution is -0.256. The summed E-state index contributed by atoms with van der Waals surface area (Å²) in [6, 6.07) is 30.2. The molecular formula is C33H35O6-3. The third-order valence-corrected chi connectivity index (χ3v) is 4.85. The zero-order valence-electron chi connectivity index (χ0n) is 23.3. The highest BCUT2D eigenvalue weighted by Crippen LogP contribution is 2.04. The van der Waals surface area contributed by atoms with Gasteiger partial charge >= 0.3 is 0 Å². The average molecular weight is 528 g/mol. The van der Waals surface area contributed by atoms with Crippen molar-refractivity contribution in [3.8, 4) is 0 Å². The van der Waals surface area contributed by atoms with E-state index in [9.17, 15) is 29.7 Å². The number of aryl methyl sites for hydroxylation is 4. The van der Waals surface area contributed by atoms with Crippen molar-refractivity contribution < 1.29 is 29.7 Å². The van der Waals surface area contributed by atoms with Crippen LogP contribution in [0.3, 0.4) is 0 Å². The van der Waals surface area contributed by atoms with Gasteiger partial charge in [-0.25, -0.2) is 0 Å². The number of carbonyl (C=O) groups is 3.